The van der Waals surface area contributed by atoms with Crippen molar-refractivity contribution in [3.63, 3.8) is 0 Å². The lowest BCUT2D eigenvalue weighted by atomic mass is 9.80. The van der Waals surface area contributed by atoms with E-state index in [9.17, 15) is 31.4 Å². The predicted octanol–water partition coefficient (Wildman–Crippen LogP) is 3.08. The Morgan fingerprint density at radius 3 is 1.84 bits per heavy atom. The van der Waals surface area contributed by atoms with Crippen LogP contribution in [0.3, 0.4) is 0 Å². The van der Waals surface area contributed by atoms with Crippen molar-refractivity contribution in [1.82, 2.24) is 9.80 Å². The van der Waals surface area contributed by atoms with Gasteiger partial charge in [0.15, 0.2) is 0 Å². The van der Waals surface area contributed by atoms with E-state index in [2.05, 4.69) is 23.6 Å². The van der Waals surface area contributed by atoms with Gasteiger partial charge in [0.2, 0.25) is 0 Å². The number of carboxylic acids is 2. The van der Waals surface area contributed by atoms with Crippen molar-refractivity contribution in [1.29, 1.82) is 0 Å². The van der Waals surface area contributed by atoms with Crippen LogP contribution < -0.4 is 0 Å². The summed E-state index contributed by atoms with van der Waals surface area (Å²) in [6.07, 6.45) is -4.98. The molecule has 2 aliphatic rings. The summed E-state index contributed by atoms with van der Waals surface area (Å²) in [5, 5.41) is 23.6. The quantitative estimate of drug-likeness (QED) is 0.530. The van der Waals surface area contributed by atoms with E-state index >= 15 is 0 Å². The second-order valence-corrected chi connectivity index (χ2v) is 8.31. The van der Waals surface area contributed by atoms with E-state index < -0.39 is 24.3 Å². The number of likely N-dealkylation sites (tertiary alicyclic amines) is 2. The zero-order valence-electron chi connectivity index (χ0n) is 18.2. The third kappa shape index (κ3) is 12.4. The molecule has 190 valence electrons. The van der Waals surface area contributed by atoms with Crippen molar-refractivity contribution in [3.8, 4) is 0 Å². The van der Waals surface area contributed by atoms with Crippen LogP contribution in [0.1, 0.15) is 39.5 Å². The van der Waals surface area contributed by atoms with Gasteiger partial charge < -0.3 is 25.1 Å². The van der Waals surface area contributed by atoms with Gasteiger partial charge in [-0.2, -0.15) is 26.3 Å². The maximum Gasteiger partial charge on any atom is 0.490 e. The Morgan fingerprint density at radius 1 is 0.969 bits per heavy atom. The van der Waals surface area contributed by atoms with Gasteiger partial charge in [0.05, 0.1) is 0 Å². The van der Waals surface area contributed by atoms with Crippen molar-refractivity contribution >= 4 is 11.9 Å². The summed E-state index contributed by atoms with van der Waals surface area (Å²) in [5.41, 5.74) is 0.464. The van der Waals surface area contributed by atoms with Gasteiger partial charge in [0, 0.05) is 26.2 Å². The summed E-state index contributed by atoms with van der Waals surface area (Å²) >= 11 is 0. The molecule has 2 atom stereocenters. The van der Waals surface area contributed by atoms with Gasteiger partial charge in [0.1, 0.15) is 0 Å². The van der Waals surface area contributed by atoms with Gasteiger partial charge in [-0.3, -0.25) is 0 Å². The lowest BCUT2D eigenvalue weighted by Gasteiger charge is -2.44. The van der Waals surface area contributed by atoms with Crippen LogP contribution in [0.4, 0.5) is 26.3 Å². The fraction of sp³-hybridized carbons (Fsp3) is 0.895. The van der Waals surface area contributed by atoms with Gasteiger partial charge in [-0.25, -0.2) is 9.59 Å². The minimum absolute atomic E-state index is 0.369. The Kier molecular flexibility index (Phi) is 12.5. The lowest BCUT2D eigenvalue weighted by Crippen LogP contribution is -2.49. The molecule has 2 fully saturated rings. The van der Waals surface area contributed by atoms with E-state index in [1.165, 1.54) is 58.4 Å². The number of piperidine rings is 2. The molecular formula is C19H32F6N2O5. The van der Waals surface area contributed by atoms with Crippen LogP contribution in [0.2, 0.25) is 0 Å². The van der Waals surface area contributed by atoms with Crippen LogP contribution in [0.25, 0.3) is 0 Å². The third-order valence-electron chi connectivity index (χ3n) is 5.26. The smallest absolute Gasteiger partial charge is 0.475 e. The molecule has 7 nitrogen and oxygen atoms in total. The number of halogens is 6. The maximum absolute atomic E-state index is 10.6. The number of carbonyl (C=O) groups is 2. The van der Waals surface area contributed by atoms with Crippen LogP contribution in [0.15, 0.2) is 0 Å². The molecule has 0 spiro atoms. The Morgan fingerprint density at radius 2 is 1.44 bits per heavy atom. The molecule has 0 bridgehead atoms. The molecule has 32 heavy (non-hydrogen) atoms. The second kappa shape index (κ2) is 13.2. The van der Waals surface area contributed by atoms with Gasteiger partial charge in [0.25, 0.3) is 0 Å². The molecule has 2 rings (SSSR count). The minimum Gasteiger partial charge on any atom is -0.475 e. The first-order valence-electron chi connectivity index (χ1n) is 10.2. The number of aliphatic carboxylic acids is 2. The van der Waals surface area contributed by atoms with Crippen molar-refractivity contribution in [2.24, 2.45) is 11.3 Å². The van der Waals surface area contributed by atoms with Crippen LogP contribution >= 0.6 is 0 Å². The number of alkyl halides is 6. The monoisotopic (exact) mass is 482 g/mol. The first-order valence-corrected chi connectivity index (χ1v) is 10.2. The molecule has 0 aliphatic carbocycles. The van der Waals surface area contributed by atoms with Crippen molar-refractivity contribution in [3.05, 3.63) is 0 Å². The highest BCUT2D eigenvalue weighted by atomic mass is 19.4. The van der Waals surface area contributed by atoms with E-state index in [1.807, 2.05) is 0 Å². The second-order valence-electron chi connectivity index (χ2n) is 8.31. The standard InChI is InChI=1S/C15H30N2O.2C2HF3O2/c1-3-16-9-5-7-15(2,12-16)13-17-8-4-6-14(10-17)11-18;2*3-2(4,5)1(6)7/h14,18H,3-13H2,1-2H3;2*(H,6,7). The molecule has 0 amide bonds. The number of nitrogens with zero attached hydrogens (tertiary/aromatic N) is 2. The molecule has 2 unspecified atom stereocenters. The van der Waals surface area contributed by atoms with Gasteiger partial charge >= 0.3 is 24.3 Å². The molecule has 0 aromatic rings. The molecule has 3 N–H and O–H groups in total. The van der Waals surface area contributed by atoms with E-state index in [-0.39, 0.29) is 0 Å². The lowest BCUT2D eigenvalue weighted by molar-refractivity contribution is -0.193. The van der Waals surface area contributed by atoms with Crippen LogP contribution in [-0.2, 0) is 9.59 Å². The van der Waals surface area contributed by atoms with Gasteiger partial charge in [-0.1, -0.05) is 13.8 Å². The first kappa shape index (κ1) is 30.4. The number of carboxylic acid groups (broad SMARTS) is 2. The molecular weight excluding hydrogens is 450 g/mol. The summed E-state index contributed by atoms with van der Waals surface area (Å²) < 4.78 is 63.5. The van der Waals surface area contributed by atoms with E-state index in [1.54, 1.807) is 0 Å². The Balaban J connectivity index is 0.000000570. The fourth-order valence-electron chi connectivity index (χ4n) is 3.81. The Labute approximate surface area is 183 Å². The zero-order chi connectivity index (χ0) is 25.2. The minimum atomic E-state index is -5.08. The SMILES string of the molecule is CCN1CCCC(C)(CN2CCCC(CO)C2)C1.O=C(O)C(F)(F)F.O=C(O)C(F)(F)F. The van der Waals surface area contributed by atoms with E-state index in [0.29, 0.717) is 17.9 Å². The Bertz CT molecular complexity index is 564. The molecule has 0 aromatic heterocycles. The number of aliphatic hydroxyl groups is 1. The van der Waals surface area contributed by atoms with E-state index in [0.717, 1.165) is 6.54 Å². The highest BCUT2D eigenvalue weighted by Crippen LogP contribution is 2.31. The normalized spacial score (nSPS) is 25.1. The predicted molar refractivity (Wildman–Crippen MR) is 103 cm³/mol. The molecule has 13 heteroatoms. The number of rotatable bonds is 4. The zero-order valence-corrected chi connectivity index (χ0v) is 18.2. The molecule has 2 saturated heterocycles. The summed E-state index contributed by atoms with van der Waals surface area (Å²) in [6, 6.07) is 0. The maximum atomic E-state index is 10.6. The summed E-state index contributed by atoms with van der Waals surface area (Å²) in [7, 11) is 0. The molecule has 0 aromatic carbocycles. The molecule has 0 saturated carbocycles. The number of hydrogen-bond acceptors (Lipinski definition) is 5. The van der Waals surface area contributed by atoms with Crippen LogP contribution in [0.5, 0.6) is 0 Å². The largest absolute Gasteiger partial charge is 0.490 e. The summed E-state index contributed by atoms with van der Waals surface area (Å²) in [6.45, 7) is 12.4. The molecule has 0 radical (unpaired) electrons. The topological polar surface area (TPSA) is 101 Å². The fourth-order valence-corrected chi connectivity index (χ4v) is 3.81. The summed E-state index contributed by atoms with van der Waals surface area (Å²) in [5.74, 6) is -4.99. The number of hydrogen-bond donors (Lipinski definition) is 3. The van der Waals surface area contributed by atoms with Crippen molar-refractivity contribution < 1.29 is 51.3 Å². The third-order valence-corrected chi connectivity index (χ3v) is 5.26. The van der Waals surface area contributed by atoms with Crippen LogP contribution in [-0.4, -0.2) is 95.3 Å². The Hall–Kier alpha value is -1.60. The highest BCUT2D eigenvalue weighted by Gasteiger charge is 2.39. The first-order chi connectivity index (χ1) is 14.5. The number of aliphatic hydroxyl groups excluding tert-OH is 1. The molecule has 2 aliphatic heterocycles. The van der Waals surface area contributed by atoms with Gasteiger partial charge in [-0.15, -0.1) is 0 Å². The molecule has 2 heterocycles. The van der Waals surface area contributed by atoms with Gasteiger partial charge in [-0.05, 0) is 56.7 Å². The average molecular weight is 482 g/mol. The van der Waals surface area contributed by atoms with Crippen LogP contribution in [0, 0.1) is 11.3 Å². The summed E-state index contributed by atoms with van der Waals surface area (Å²) in [4.78, 5) is 23.0. The highest BCUT2D eigenvalue weighted by molar-refractivity contribution is 5.73. The van der Waals surface area contributed by atoms with Crippen molar-refractivity contribution in [2.75, 3.05) is 45.9 Å². The van der Waals surface area contributed by atoms with Crippen molar-refractivity contribution in [2.45, 2.75) is 51.9 Å². The van der Waals surface area contributed by atoms with E-state index in [4.69, 9.17) is 19.8 Å². The average Bonchev–Trinajstić information content (AvgIpc) is 2.67.